The maximum Gasteiger partial charge on any atom is 0.416 e. The molecule has 0 aliphatic rings. The molecule has 6 nitrogen and oxygen atoms in total. The Morgan fingerprint density at radius 2 is 0.679 bits per heavy atom. The lowest BCUT2D eigenvalue weighted by atomic mass is 9.92. The van der Waals surface area contributed by atoms with Crippen molar-refractivity contribution < 1.29 is 13.2 Å². The highest BCUT2D eigenvalue weighted by molar-refractivity contribution is 6.14. The Morgan fingerprint density at radius 1 is 0.295 bits per heavy atom. The summed E-state index contributed by atoms with van der Waals surface area (Å²) >= 11 is 0. The van der Waals surface area contributed by atoms with Crippen LogP contribution in [0.25, 0.3) is 132 Å². The average Bonchev–Trinajstić information content (AvgIpc) is 4.39. The topological polar surface area (TPSA) is 67.3 Å². The molecule has 0 aliphatic carbocycles. The largest absolute Gasteiger partial charge is 0.416 e. The van der Waals surface area contributed by atoms with Gasteiger partial charge in [-0.3, -0.25) is 0 Å². The third kappa shape index (κ3) is 6.62. The highest BCUT2D eigenvalue weighted by Gasteiger charge is 2.31. The number of para-hydroxylation sites is 6. The summed E-state index contributed by atoms with van der Waals surface area (Å²) in [6, 6.07) is 82.9. The lowest BCUT2D eigenvalue weighted by Crippen LogP contribution is -2.05. The van der Waals surface area contributed by atoms with Crippen LogP contribution in [0.5, 0.6) is 0 Å². The Bertz CT molecular complexity index is 5020. The van der Waals surface area contributed by atoms with Crippen LogP contribution in [0.15, 0.2) is 237 Å². The third-order valence-electron chi connectivity index (χ3n) is 15.7. The van der Waals surface area contributed by atoms with E-state index in [0.717, 1.165) is 111 Å². The fourth-order valence-electron chi connectivity index (χ4n) is 12.3. The van der Waals surface area contributed by atoms with E-state index in [0.29, 0.717) is 27.8 Å². The van der Waals surface area contributed by atoms with Crippen LogP contribution in [0.1, 0.15) is 16.7 Å². The molecule has 15 rings (SSSR count). The first-order valence-corrected chi connectivity index (χ1v) is 25.6. The van der Waals surface area contributed by atoms with Crippen LogP contribution in [0.2, 0.25) is 0 Å². The van der Waals surface area contributed by atoms with Gasteiger partial charge in [0.1, 0.15) is 0 Å². The van der Waals surface area contributed by atoms with Gasteiger partial charge in [0.15, 0.2) is 0 Å². The highest BCUT2D eigenvalue weighted by Crippen LogP contribution is 2.44. The molecule has 0 N–H and O–H groups in total. The summed E-state index contributed by atoms with van der Waals surface area (Å²) in [5.41, 5.74) is 13.3. The van der Waals surface area contributed by atoms with Gasteiger partial charge in [-0.25, -0.2) is 0 Å². The molecule has 0 amide bonds. The van der Waals surface area contributed by atoms with Gasteiger partial charge in [0, 0.05) is 71.3 Å². The molecule has 15 aromatic rings. The number of aromatic nitrogens is 4. The number of rotatable bonds is 6. The Labute approximate surface area is 443 Å². The van der Waals surface area contributed by atoms with Crippen molar-refractivity contribution in [1.82, 2.24) is 18.3 Å². The monoisotopic (exact) mass is 1010 g/mol. The zero-order chi connectivity index (χ0) is 52.4. The highest BCUT2D eigenvalue weighted by atomic mass is 19.4. The van der Waals surface area contributed by atoms with Gasteiger partial charge in [-0.2, -0.15) is 23.7 Å². The van der Waals surface area contributed by atoms with E-state index in [4.69, 9.17) is 0 Å². The number of nitriles is 2. The number of fused-ring (bicyclic) bond motifs is 12. The summed E-state index contributed by atoms with van der Waals surface area (Å²) in [5.74, 6) is 0. The van der Waals surface area contributed by atoms with Gasteiger partial charge in [-0.05, 0) is 126 Å². The number of benzene rings is 11. The molecule has 0 aliphatic heterocycles. The van der Waals surface area contributed by atoms with Gasteiger partial charge in [-0.1, -0.05) is 121 Å². The van der Waals surface area contributed by atoms with E-state index in [1.54, 1.807) is 0 Å². The molecule has 78 heavy (non-hydrogen) atoms. The molecule has 0 unspecified atom stereocenters. The second-order valence-electron chi connectivity index (χ2n) is 19.8. The minimum Gasteiger partial charge on any atom is -0.309 e. The van der Waals surface area contributed by atoms with E-state index in [9.17, 15) is 23.7 Å². The maximum atomic E-state index is 14.1. The van der Waals surface area contributed by atoms with Crippen molar-refractivity contribution in [3.63, 3.8) is 0 Å². The summed E-state index contributed by atoms with van der Waals surface area (Å²) in [4.78, 5) is 0. The van der Waals surface area contributed by atoms with Crippen LogP contribution in [0.4, 0.5) is 13.2 Å². The average molecular weight is 1010 g/mol. The van der Waals surface area contributed by atoms with Crippen LogP contribution >= 0.6 is 0 Å². The minimum atomic E-state index is -4.64. The lowest BCUT2D eigenvalue weighted by molar-refractivity contribution is -0.137. The van der Waals surface area contributed by atoms with E-state index in [1.165, 1.54) is 16.8 Å². The number of hydrogen-bond acceptors (Lipinski definition) is 2. The molecular weight excluding hydrogens is 970 g/mol. The fourth-order valence-corrected chi connectivity index (χ4v) is 12.3. The van der Waals surface area contributed by atoms with Crippen molar-refractivity contribution >= 4 is 87.2 Å². The Morgan fingerprint density at radius 3 is 1.13 bits per heavy atom. The number of nitrogens with zero attached hydrogens (tertiary/aromatic N) is 6. The molecule has 366 valence electrons. The van der Waals surface area contributed by atoms with Crippen LogP contribution in [0, 0.1) is 22.7 Å². The normalized spacial score (nSPS) is 12.0. The fraction of sp³-hybridized carbons (Fsp3) is 0.0145. The van der Waals surface area contributed by atoms with Crippen molar-refractivity contribution in [2.45, 2.75) is 6.18 Å². The van der Waals surface area contributed by atoms with E-state index < -0.39 is 11.7 Å². The lowest BCUT2D eigenvalue weighted by Gasteiger charge is -2.19. The van der Waals surface area contributed by atoms with Crippen molar-refractivity contribution in [3.05, 3.63) is 253 Å². The second-order valence-corrected chi connectivity index (χ2v) is 19.8. The van der Waals surface area contributed by atoms with Crippen molar-refractivity contribution in [1.29, 1.82) is 10.5 Å². The molecule has 0 radical (unpaired) electrons. The van der Waals surface area contributed by atoms with Crippen LogP contribution in [-0.4, -0.2) is 18.3 Å². The quantitative estimate of drug-likeness (QED) is 0.167. The molecule has 0 spiro atoms. The van der Waals surface area contributed by atoms with Crippen LogP contribution < -0.4 is 0 Å². The van der Waals surface area contributed by atoms with E-state index >= 15 is 0 Å². The van der Waals surface area contributed by atoms with Gasteiger partial charge in [-0.15, -0.1) is 0 Å². The predicted molar refractivity (Wildman–Crippen MR) is 309 cm³/mol. The van der Waals surface area contributed by atoms with Crippen LogP contribution in [0.3, 0.4) is 0 Å². The summed E-state index contributed by atoms with van der Waals surface area (Å²) < 4.78 is 51.4. The number of halogens is 3. The Balaban J connectivity index is 0.970. The molecule has 0 bridgehead atoms. The Hall–Kier alpha value is -10.6. The van der Waals surface area contributed by atoms with E-state index in [-0.39, 0.29) is 5.56 Å². The molecule has 4 heterocycles. The van der Waals surface area contributed by atoms with Gasteiger partial charge in [0.05, 0.1) is 78.6 Å². The van der Waals surface area contributed by atoms with Crippen LogP contribution in [-0.2, 0) is 6.18 Å². The molecule has 11 aromatic carbocycles. The number of hydrogen-bond donors (Lipinski definition) is 0. The van der Waals surface area contributed by atoms with E-state index in [2.05, 4.69) is 188 Å². The second kappa shape index (κ2) is 17.0. The van der Waals surface area contributed by atoms with Gasteiger partial charge >= 0.3 is 6.18 Å². The first-order valence-electron chi connectivity index (χ1n) is 25.6. The summed E-state index contributed by atoms with van der Waals surface area (Å²) in [6.45, 7) is 0. The molecule has 4 aromatic heterocycles. The zero-order valence-electron chi connectivity index (χ0n) is 41.3. The van der Waals surface area contributed by atoms with Gasteiger partial charge in [0.2, 0.25) is 0 Å². The molecule has 0 saturated heterocycles. The molecule has 0 fully saturated rings. The maximum absolute atomic E-state index is 14.1. The van der Waals surface area contributed by atoms with Crippen molar-refractivity contribution in [2.24, 2.45) is 0 Å². The Kier molecular flexibility index (Phi) is 9.75. The first kappa shape index (κ1) is 44.8. The van der Waals surface area contributed by atoms with Gasteiger partial charge in [0.25, 0.3) is 0 Å². The zero-order valence-corrected chi connectivity index (χ0v) is 41.3. The molecule has 9 heteroatoms. The summed E-state index contributed by atoms with van der Waals surface area (Å²) in [5, 5.41) is 30.3. The van der Waals surface area contributed by atoms with E-state index in [1.807, 2.05) is 60.7 Å². The van der Waals surface area contributed by atoms with Crippen molar-refractivity contribution in [2.75, 3.05) is 0 Å². The SMILES string of the molecule is N#Cc1cc(C(F)(F)F)ccc1-c1ccc(-n2c3ccccc3c3cc(-n4c5ccccc5c5ccccc54)ccc32)c(-c2cc(-n3c4ccccc4c4cc(-n5c6ccccc6c6ccccc65)ccc43)ccc2C#N)c1. The number of alkyl halides is 3. The smallest absolute Gasteiger partial charge is 0.309 e. The third-order valence-corrected chi connectivity index (χ3v) is 15.7. The van der Waals surface area contributed by atoms with Crippen molar-refractivity contribution in [3.8, 4) is 57.1 Å². The minimum absolute atomic E-state index is 0.113. The van der Waals surface area contributed by atoms with Gasteiger partial charge < -0.3 is 18.3 Å². The molecule has 0 saturated carbocycles. The molecular formula is C69H39F3N6. The standard InChI is InChI=1S/C69H39F3N6/c70-69(71,72)45-27-31-49(44(35-45)41-74)42-26-32-67(78-65-24-12-6-18-55(65)59-39-48(30-34-68(59)78)76-62-21-9-3-15-52(62)53-16-4-10-22-63(53)76)57(36-42)56-37-46(28-25-43(56)40-73)77-64-23-11-5-17-54(64)58-38-47(29-33-66(58)77)75-60-19-7-1-13-50(60)51-14-2-8-20-61(51)75/h1-39H. The predicted octanol–water partition coefficient (Wildman–Crippen LogP) is 18.2. The summed E-state index contributed by atoms with van der Waals surface area (Å²) in [6.07, 6.45) is -4.64. The summed E-state index contributed by atoms with van der Waals surface area (Å²) in [7, 11) is 0. The first-order chi connectivity index (χ1) is 38.2. The molecule has 0 atom stereocenters.